The van der Waals surface area contributed by atoms with E-state index in [0.29, 0.717) is 0 Å². The Morgan fingerprint density at radius 1 is 1.31 bits per heavy atom. The van der Waals surface area contributed by atoms with Crippen LogP contribution >= 0.6 is 22.6 Å². The van der Waals surface area contributed by atoms with Gasteiger partial charge in [0.2, 0.25) is 0 Å². The van der Waals surface area contributed by atoms with Crippen molar-refractivity contribution in [1.82, 2.24) is 4.90 Å². The second kappa shape index (κ2) is 5.87. The number of hydrogen-bond donors (Lipinski definition) is 0. The lowest BCUT2D eigenvalue weighted by molar-refractivity contribution is 0.237. The van der Waals surface area contributed by atoms with Gasteiger partial charge in [-0.25, -0.2) is 0 Å². The molecule has 0 aromatic heterocycles. The fraction of sp³-hybridized carbons (Fsp3) is 0.538. The van der Waals surface area contributed by atoms with E-state index in [1.165, 1.54) is 35.1 Å². The first-order valence-corrected chi connectivity index (χ1v) is 6.95. The van der Waals surface area contributed by atoms with Gasteiger partial charge in [0.25, 0.3) is 0 Å². The maximum absolute atomic E-state index is 5.81. The van der Waals surface area contributed by atoms with Gasteiger partial charge in [-0.05, 0) is 79.2 Å². The van der Waals surface area contributed by atoms with Crippen molar-refractivity contribution in [2.45, 2.75) is 19.8 Å². The van der Waals surface area contributed by atoms with Crippen LogP contribution in [0, 0.1) is 10.5 Å². The minimum absolute atomic E-state index is 0.807. The van der Waals surface area contributed by atoms with Crippen LogP contribution in [0.2, 0.25) is 0 Å². The molecule has 1 saturated heterocycles. The molecular formula is C13H18INO. The molecule has 1 aliphatic rings. The van der Waals surface area contributed by atoms with Gasteiger partial charge < -0.3 is 4.74 Å². The predicted molar refractivity (Wildman–Crippen MR) is 75.1 cm³/mol. The summed E-state index contributed by atoms with van der Waals surface area (Å²) in [6.07, 6.45) is 2.70. The van der Waals surface area contributed by atoms with Gasteiger partial charge >= 0.3 is 0 Å². The van der Waals surface area contributed by atoms with Crippen LogP contribution in [0.25, 0.3) is 0 Å². The molecule has 0 unspecified atom stereocenters. The van der Waals surface area contributed by atoms with Crippen LogP contribution < -0.4 is 4.74 Å². The second-order valence-electron chi connectivity index (χ2n) is 4.31. The molecule has 0 radical (unpaired) electrons. The molecule has 16 heavy (non-hydrogen) atoms. The number of rotatable bonds is 4. The Hall–Kier alpha value is -0.290. The molecule has 2 rings (SSSR count). The fourth-order valence-electron chi connectivity index (χ4n) is 2.07. The molecular weight excluding hydrogens is 313 g/mol. The van der Waals surface area contributed by atoms with Crippen molar-refractivity contribution in [3.63, 3.8) is 0 Å². The maximum Gasteiger partial charge on any atom is 0.122 e. The average Bonchev–Trinajstić information content (AvgIpc) is 2.74. The number of hydrogen-bond acceptors (Lipinski definition) is 2. The summed E-state index contributed by atoms with van der Waals surface area (Å²) in [5.74, 6) is 1.03. The predicted octanol–water partition coefficient (Wildman–Crippen LogP) is 3.07. The lowest BCUT2D eigenvalue weighted by Crippen LogP contribution is -2.25. The summed E-state index contributed by atoms with van der Waals surface area (Å²) in [4.78, 5) is 2.47. The van der Waals surface area contributed by atoms with Crippen LogP contribution in [0.5, 0.6) is 5.75 Å². The van der Waals surface area contributed by atoms with E-state index < -0.39 is 0 Å². The van der Waals surface area contributed by atoms with E-state index >= 15 is 0 Å². The molecule has 0 aliphatic carbocycles. The summed E-state index contributed by atoms with van der Waals surface area (Å²) in [5.41, 5.74) is 1.23. The van der Waals surface area contributed by atoms with Crippen LogP contribution in [0.15, 0.2) is 18.2 Å². The fourth-order valence-corrected chi connectivity index (χ4v) is 2.71. The van der Waals surface area contributed by atoms with E-state index in [4.69, 9.17) is 4.74 Å². The number of nitrogens with zero attached hydrogens (tertiary/aromatic N) is 1. The molecule has 2 nitrogen and oxygen atoms in total. The minimum atomic E-state index is 0.807. The van der Waals surface area contributed by atoms with Crippen LogP contribution in [0.4, 0.5) is 0 Å². The van der Waals surface area contributed by atoms with Gasteiger partial charge in [0.1, 0.15) is 12.4 Å². The Bertz CT molecular complexity index is 348. The van der Waals surface area contributed by atoms with Gasteiger partial charge in [-0.15, -0.1) is 0 Å². The molecule has 0 bridgehead atoms. The highest BCUT2D eigenvalue weighted by Crippen LogP contribution is 2.20. The Labute approximate surface area is 111 Å². The smallest absolute Gasteiger partial charge is 0.122 e. The summed E-state index contributed by atoms with van der Waals surface area (Å²) in [6, 6.07) is 6.32. The average molecular weight is 331 g/mol. The number of likely N-dealkylation sites (tertiary alicyclic amines) is 1. The first kappa shape index (κ1) is 12.2. The Balaban J connectivity index is 1.80. The quantitative estimate of drug-likeness (QED) is 0.787. The molecule has 0 spiro atoms. The molecule has 1 heterocycles. The summed E-state index contributed by atoms with van der Waals surface area (Å²) >= 11 is 2.33. The SMILES string of the molecule is Cc1cc(I)ccc1OCCN1CCCC1. The summed E-state index contributed by atoms with van der Waals surface area (Å²) in [5, 5.41) is 0. The zero-order chi connectivity index (χ0) is 11.4. The number of ether oxygens (including phenoxy) is 1. The Morgan fingerprint density at radius 3 is 2.75 bits per heavy atom. The normalized spacial score (nSPS) is 16.6. The number of halogens is 1. The molecule has 3 heteroatoms. The van der Waals surface area contributed by atoms with Crippen molar-refractivity contribution >= 4 is 22.6 Å². The van der Waals surface area contributed by atoms with Crippen LogP contribution in [0.1, 0.15) is 18.4 Å². The van der Waals surface area contributed by atoms with E-state index in [-0.39, 0.29) is 0 Å². The number of aryl methyl sites for hydroxylation is 1. The molecule has 1 fully saturated rings. The summed E-state index contributed by atoms with van der Waals surface area (Å²) < 4.78 is 7.07. The summed E-state index contributed by atoms with van der Waals surface area (Å²) in [7, 11) is 0. The van der Waals surface area contributed by atoms with Crippen molar-refractivity contribution in [2.75, 3.05) is 26.2 Å². The van der Waals surface area contributed by atoms with Gasteiger partial charge in [-0.1, -0.05) is 0 Å². The van der Waals surface area contributed by atoms with E-state index in [9.17, 15) is 0 Å². The highest BCUT2D eigenvalue weighted by Gasteiger charge is 2.10. The molecule has 0 saturated carbocycles. The standard InChI is InChI=1S/C13H18INO/c1-11-10-12(14)4-5-13(11)16-9-8-15-6-2-3-7-15/h4-5,10H,2-3,6-9H2,1H3. The van der Waals surface area contributed by atoms with Crippen molar-refractivity contribution < 1.29 is 4.74 Å². The Kier molecular flexibility index (Phi) is 4.46. The third kappa shape index (κ3) is 3.35. The van der Waals surface area contributed by atoms with Gasteiger partial charge in [0.15, 0.2) is 0 Å². The van der Waals surface area contributed by atoms with Crippen molar-refractivity contribution in [3.05, 3.63) is 27.3 Å². The van der Waals surface area contributed by atoms with Crippen molar-refractivity contribution in [2.24, 2.45) is 0 Å². The molecule has 0 N–H and O–H groups in total. The zero-order valence-electron chi connectivity index (χ0n) is 9.71. The summed E-state index contributed by atoms with van der Waals surface area (Å²) in [6.45, 7) is 6.46. The highest BCUT2D eigenvalue weighted by molar-refractivity contribution is 14.1. The van der Waals surface area contributed by atoms with E-state index in [1.807, 2.05) is 0 Å². The molecule has 88 valence electrons. The number of benzene rings is 1. The Morgan fingerprint density at radius 2 is 2.06 bits per heavy atom. The maximum atomic E-state index is 5.81. The third-order valence-corrected chi connectivity index (χ3v) is 3.67. The first-order valence-electron chi connectivity index (χ1n) is 5.87. The van der Waals surface area contributed by atoms with E-state index in [2.05, 4.69) is 52.6 Å². The highest BCUT2D eigenvalue weighted by atomic mass is 127. The monoisotopic (exact) mass is 331 g/mol. The molecule has 0 amide bonds. The third-order valence-electron chi connectivity index (χ3n) is 3.00. The second-order valence-corrected chi connectivity index (χ2v) is 5.55. The topological polar surface area (TPSA) is 12.5 Å². The largest absolute Gasteiger partial charge is 0.492 e. The lowest BCUT2D eigenvalue weighted by atomic mass is 10.2. The molecule has 1 aliphatic heterocycles. The molecule has 1 aromatic rings. The van der Waals surface area contributed by atoms with Gasteiger partial charge in [-0.2, -0.15) is 0 Å². The zero-order valence-corrected chi connectivity index (χ0v) is 11.9. The molecule has 0 atom stereocenters. The van der Waals surface area contributed by atoms with Crippen LogP contribution in [-0.4, -0.2) is 31.1 Å². The van der Waals surface area contributed by atoms with Crippen LogP contribution in [0.3, 0.4) is 0 Å². The lowest BCUT2D eigenvalue weighted by Gasteiger charge is -2.15. The van der Waals surface area contributed by atoms with Gasteiger partial charge in [-0.3, -0.25) is 4.90 Å². The van der Waals surface area contributed by atoms with Crippen molar-refractivity contribution in [1.29, 1.82) is 0 Å². The minimum Gasteiger partial charge on any atom is -0.492 e. The van der Waals surface area contributed by atoms with Gasteiger partial charge in [0.05, 0.1) is 0 Å². The van der Waals surface area contributed by atoms with E-state index in [1.54, 1.807) is 0 Å². The van der Waals surface area contributed by atoms with Gasteiger partial charge in [0, 0.05) is 10.1 Å². The first-order chi connectivity index (χ1) is 7.75. The van der Waals surface area contributed by atoms with E-state index in [0.717, 1.165) is 18.9 Å². The van der Waals surface area contributed by atoms with Crippen molar-refractivity contribution in [3.8, 4) is 5.75 Å². The molecule has 1 aromatic carbocycles. The van der Waals surface area contributed by atoms with Crippen LogP contribution in [-0.2, 0) is 0 Å².